The number of nitrogens with zero attached hydrogens (tertiary/aromatic N) is 1. The van der Waals surface area contributed by atoms with Crippen LogP contribution in [0.3, 0.4) is 0 Å². The monoisotopic (exact) mass is 269 g/mol. The zero-order valence-corrected chi connectivity index (χ0v) is 11.1. The number of methoxy groups -OCH3 is 2. The van der Waals surface area contributed by atoms with E-state index < -0.39 is 4.92 Å². The molecule has 19 heavy (non-hydrogen) atoms. The molecule has 1 aromatic rings. The number of non-ortho nitro benzene ring substituents is 1. The molecule has 0 bridgehead atoms. The molecule has 7 nitrogen and oxygen atoms in total. The molecule has 0 aliphatic carbocycles. The summed E-state index contributed by atoms with van der Waals surface area (Å²) in [4.78, 5) is 10.3. The van der Waals surface area contributed by atoms with Gasteiger partial charge in [-0.1, -0.05) is 0 Å². The first-order valence-corrected chi connectivity index (χ1v) is 5.94. The average Bonchev–Trinajstić information content (AvgIpc) is 2.42. The van der Waals surface area contributed by atoms with E-state index in [1.807, 2.05) is 0 Å². The van der Waals surface area contributed by atoms with Gasteiger partial charge in [0, 0.05) is 44.6 Å². The summed E-state index contributed by atoms with van der Waals surface area (Å²) >= 11 is 0. The third-order valence-corrected chi connectivity index (χ3v) is 2.45. The molecule has 0 aliphatic rings. The summed E-state index contributed by atoms with van der Waals surface area (Å²) < 4.78 is 9.93. The molecule has 0 fully saturated rings. The van der Waals surface area contributed by atoms with Crippen LogP contribution in [0.1, 0.15) is 0 Å². The number of ether oxygens (including phenoxy) is 2. The normalized spacial score (nSPS) is 10.2. The molecule has 0 atom stereocenters. The molecule has 2 N–H and O–H groups in total. The molecule has 1 rings (SSSR count). The van der Waals surface area contributed by atoms with Crippen molar-refractivity contribution >= 4 is 11.4 Å². The Kier molecular flexibility index (Phi) is 6.62. The summed E-state index contributed by atoms with van der Waals surface area (Å²) in [5.74, 6) is 0.462. The van der Waals surface area contributed by atoms with Crippen molar-refractivity contribution in [2.75, 3.05) is 45.8 Å². The summed E-state index contributed by atoms with van der Waals surface area (Å²) in [6.45, 7) is 2.84. The minimum Gasteiger partial charge on any atom is -0.496 e. The molecule has 0 unspecified atom stereocenters. The van der Waals surface area contributed by atoms with Crippen LogP contribution in [0.15, 0.2) is 18.2 Å². The molecule has 7 heteroatoms. The van der Waals surface area contributed by atoms with Crippen molar-refractivity contribution in [2.24, 2.45) is 0 Å². The fourth-order valence-electron chi connectivity index (χ4n) is 1.50. The van der Waals surface area contributed by atoms with Gasteiger partial charge >= 0.3 is 0 Å². The highest BCUT2D eigenvalue weighted by molar-refractivity contribution is 5.56. The smallest absolute Gasteiger partial charge is 0.275 e. The van der Waals surface area contributed by atoms with Crippen LogP contribution in [0.4, 0.5) is 11.4 Å². The van der Waals surface area contributed by atoms with Crippen molar-refractivity contribution in [3.8, 4) is 5.75 Å². The number of anilines is 1. The summed E-state index contributed by atoms with van der Waals surface area (Å²) in [7, 11) is 3.13. The molecule has 0 saturated heterocycles. The number of nitro groups is 1. The number of hydrogen-bond donors (Lipinski definition) is 2. The number of rotatable bonds is 9. The molecule has 0 saturated carbocycles. The zero-order chi connectivity index (χ0) is 14.1. The van der Waals surface area contributed by atoms with Crippen molar-refractivity contribution in [3.63, 3.8) is 0 Å². The Morgan fingerprint density at radius 2 is 2.00 bits per heavy atom. The van der Waals surface area contributed by atoms with Crippen LogP contribution in [-0.4, -0.2) is 45.4 Å². The van der Waals surface area contributed by atoms with Gasteiger partial charge in [-0.25, -0.2) is 0 Å². The Balaban J connectivity index is 2.48. The van der Waals surface area contributed by atoms with E-state index in [-0.39, 0.29) is 5.69 Å². The highest BCUT2D eigenvalue weighted by atomic mass is 16.6. The van der Waals surface area contributed by atoms with Crippen LogP contribution < -0.4 is 15.4 Å². The Labute approximate surface area is 112 Å². The van der Waals surface area contributed by atoms with Crippen molar-refractivity contribution < 1.29 is 14.4 Å². The number of benzene rings is 1. The summed E-state index contributed by atoms with van der Waals surface area (Å²) in [6, 6.07) is 4.60. The predicted molar refractivity (Wildman–Crippen MR) is 72.9 cm³/mol. The second kappa shape index (κ2) is 8.28. The average molecular weight is 269 g/mol. The van der Waals surface area contributed by atoms with Gasteiger partial charge < -0.3 is 20.1 Å². The Morgan fingerprint density at radius 3 is 2.63 bits per heavy atom. The van der Waals surface area contributed by atoms with Gasteiger partial charge in [0.05, 0.1) is 24.7 Å². The molecule has 0 aliphatic heterocycles. The zero-order valence-electron chi connectivity index (χ0n) is 11.1. The lowest BCUT2D eigenvalue weighted by Crippen LogP contribution is -2.25. The van der Waals surface area contributed by atoms with Crippen LogP contribution in [0.25, 0.3) is 0 Å². The number of hydrogen-bond acceptors (Lipinski definition) is 6. The standard InChI is InChI=1S/C12H19N3O4/c1-18-6-5-13-3-4-14-10-7-11(15(16)17)9-12(8-10)19-2/h7-9,13-14H,3-6H2,1-2H3. The lowest BCUT2D eigenvalue weighted by molar-refractivity contribution is -0.384. The third kappa shape index (κ3) is 5.54. The molecule has 1 aromatic carbocycles. The Hall–Kier alpha value is -1.86. The Bertz CT molecular complexity index is 412. The molecular weight excluding hydrogens is 250 g/mol. The fourth-order valence-corrected chi connectivity index (χ4v) is 1.50. The maximum atomic E-state index is 10.8. The van der Waals surface area contributed by atoms with Gasteiger partial charge in [-0.2, -0.15) is 0 Å². The van der Waals surface area contributed by atoms with Gasteiger partial charge in [0.25, 0.3) is 5.69 Å². The van der Waals surface area contributed by atoms with Crippen molar-refractivity contribution in [3.05, 3.63) is 28.3 Å². The SMILES string of the molecule is COCCNCCNc1cc(OC)cc([N+](=O)[O-])c1. The molecule has 0 radical (unpaired) electrons. The van der Waals surface area contributed by atoms with Crippen LogP contribution in [0.2, 0.25) is 0 Å². The van der Waals surface area contributed by atoms with E-state index in [0.29, 0.717) is 24.6 Å². The second-order valence-electron chi connectivity index (χ2n) is 3.85. The maximum Gasteiger partial charge on any atom is 0.275 e. The van der Waals surface area contributed by atoms with Crippen LogP contribution in [0.5, 0.6) is 5.75 Å². The highest BCUT2D eigenvalue weighted by Gasteiger charge is 2.09. The van der Waals surface area contributed by atoms with Gasteiger partial charge in [0.15, 0.2) is 0 Å². The van der Waals surface area contributed by atoms with Crippen LogP contribution >= 0.6 is 0 Å². The number of nitrogens with one attached hydrogen (secondary N) is 2. The van der Waals surface area contributed by atoms with Gasteiger partial charge in [0.2, 0.25) is 0 Å². The van der Waals surface area contributed by atoms with E-state index in [1.165, 1.54) is 19.2 Å². The van der Waals surface area contributed by atoms with Gasteiger partial charge in [-0.15, -0.1) is 0 Å². The molecular formula is C12H19N3O4. The van der Waals surface area contributed by atoms with Gasteiger partial charge in [0.1, 0.15) is 5.75 Å². The van der Waals surface area contributed by atoms with Crippen LogP contribution in [-0.2, 0) is 4.74 Å². The van der Waals surface area contributed by atoms with Crippen molar-refractivity contribution in [2.45, 2.75) is 0 Å². The quantitative estimate of drug-likeness (QED) is 0.398. The molecule has 0 aromatic heterocycles. The topological polar surface area (TPSA) is 85.7 Å². The van der Waals surface area contributed by atoms with Gasteiger partial charge in [-0.05, 0) is 0 Å². The Morgan fingerprint density at radius 1 is 1.21 bits per heavy atom. The first-order chi connectivity index (χ1) is 9.17. The summed E-state index contributed by atoms with van der Waals surface area (Å²) in [5, 5.41) is 17.0. The molecule has 0 heterocycles. The van der Waals surface area contributed by atoms with Crippen molar-refractivity contribution in [1.29, 1.82) is 0 Å². The summed E-state index contributed by atoms with van der Waals surface area (Å²) in [6.07, 6.45) is 0. The fraction of sp³-hybridized carbons (Fsp3) is 0.500. The van der Waals surface area contributed by atoms with E-state index in [9.17, 15) is 10.1 Å². The molecule has 106 valence electrons. The lowest BCUT2D eigenvalue weighted by Gasteiger charge is -2.09. The van der Waals surface area contributed by atoms with Crippen molar-refractivity contribution in [1.82, 2.24) is 5.32 Å². The minimum absolute atomic E-state index is 0.00851. The van der Waals surface area contributed by atoms with E-state index in [1.54, 1.807) is 13.2 Å². The third-order valence-electron chi connectivity index (χ3n) is 2.45. The predicted octanol–water partition coefficient (Wildman–Crippen LogP) is 1.25. The highest BCUT2D eigenvalue weighted by Crippen LogP contribution is 2.25. The van der Waals surface area contributed by atoms with E-state index in [2.05, 4.69) is 10.6 Å². The maximum absolute atomic E-state index is 10.8. The molecule has 0 spiro atoms. The van der Waals surface area contributed by atoms with E-state index in [0.717, 1.165) is 13.1 Å². The minimum atomic E-state index is -0.440. The number of nitro benzene ring substituents is 1. The lowest BCUT2D eigenvalue weighted by atomic mass is 10.2. The summed E-state index contributed by atoms with van der Waals surface area (Å²) in [5.41, 5.74) is 0.675. The van der Waals surface area contributed by atoms with Gasteiger partial charge in [-0.3, -0.25) is 10.1 Å². The van der Waals surface area contributed by atoms with E-state index in [4.69, 9.17) is 9.47 Å². The van der Waals surface area contributed by atoms with E-state index >= 15 is 0 Å². The van der Waals surface area contributed by atoms with Crippen LogP contribution in [0, 0.1) is 10.1 Å². The second-order valence-corrected chi connectivity index (χ2v) is 3.85. The first-order valence-electron chi connectivity index (χ1n) is 5.94. The first kappa shape index (κ1) is 15.2. The largest absolute Gasteiger partial charge is 0.496 e. The molecule has 0 amide bonds.